The number of methoxy groups -OCH3 is 1. The molecule has 0 aliphatic heterocycles. The molecule has 0 saturated heterocycles. The van der Waals surface area contributed by atoms with Crippen LogP contribution in [0.25, 0.3) is 16.5 Å². The summed E-state index contributed by atoms with van der Waals surface area (Å²) in [7, 11) is 1.71. The average Bonchev–Trinajstić information content (AvgIpc) is 2.91. The number of hydrogen-bond donors (Lipinski definition) is 1. The Labute approximate surface area is 129 Å². The molecule has 2 aromatic rings. The van der Waals surface area contributed by atoms with Gasteiger partial charge in [0.2, 0.25) is 0 Å². The molecule has 2 nitrogen and oxygen atoms in total. The summed E-state index contributed by atoms with van der Waals surface area (Å²) in [5.41, 5.74) is 1.17. The molecule has 2 rings (SSSR count). The molecular formula is C16H18ClNOS. The molecular weight excluding hydrogens is 290 g/mol. The summed E-state index contributed by atoms with van der Waals surface area (Å²) in [5, 5.41) is 4.05. The summed E-state index contributed by atoms with van der Waals surface area (Å²) >= 11 is 7.78. The first kappa shape index (κ1) is 15.3. The van der Waals surface area contributed by atoms with E-state index in [1.807, 2.05) is 18.2 Å². The maximum atomic E-state index is 6.02. The Morgan fingerprint density at radius 1 is 1.30 bits per heavy atom. The Morgan fingerprint density at radius 2 is 2.20 bits per heavy atom. The maximum absolute atomic E-state index is 6.02. The molecule has 0 amide bonds. The van der Waals surface area contributed by atoms with Crippen molar-refractivity contribution in [3.05, 3.63) is 52.4 Å². The van der Waals surface area contributed by atoms with E-state index >= 15 is 0 Å². The summed E-state index contributed by atoms with van der Waals surface area (Å²) in [6.07, 6.45) is 4.27. The van der Waals surface area contributed by atoms with Crippen LogP contribution in [0.3, 0.4) is 0 Å². The van der Waals surface area contributed by atoms with Crippen LogP contribution in [0.2, 0.25) is 5.02 Å². The molecule has 4 heteroatoms. The number of ether oxygens (including phenoxy) is 1. The van der Waals surface area contributed by atoms with Crippen LogP contribution in [0.5, 0.6) is 0 Å². The first-order chi connectivity index (χ1) is 9.79. The molecule has 1 aromatic carbocycles. The second kappa shape index (κ2) is 8.22. The minimum atomic E-state index is 0.742. The molecule has 0 saturated carbocycles. The molecule has 0 aliphatic carbocycles. The zero-order valence-electron chi connectivity index (χ0n) is 11.4. The fourth-order valence-electron chi connectivity index (χ4n) is 1.77. The highest BCUT2D eigenvalue weighted by Crippen LogP contribution is 2.30. The standard InChI is InChI=1S/C16H18ClNOS/c1-19-11-10-18-9-3-6-15-7-8-16(20-15)13-4-2-5-14(17)12-13/h2-8,12,18H,9-11H2,1H3. The highest BCUT2D eigenvalue weighted by molar-refractivity contribution is 7.16. The fourth-order valence-corrected chi connectivity index (χ4v) is 2.90. The Kier molecular flexibility index (Phi) is 6.27. The predicted molar refractivity (Wildman–Crippen MR) is 88.5 cm³/mol. The molecule has 0 fully saturated rings. The number of rotatable bonds is 7. The molecule has 1 N–H and O–H groups in total. The Balaban J connectivity index is 1.90. The molecule has 0 unspecified atom stereocenters. The van der Waals surface area contributed by atoms with Gasteiger partial charge in [0.25, 0.3) is 0 Å². The van der Waals surface area contributed by atoms with Crippen LogP contribution in [-0.2, 0) is 4.74 Å². The van der Waals surface area contributed by atoms with Gasteiger partial charge in [-0.05, 0) is 35.9 Å². The van der Waals surface area contributed by atoms with Crippen LogP contribution in [0.15, 0.2) is 42.5 Å². The summed E-state index contributed by atoms with van der Waals surface area (Å²) in [5.74, 6) is 0. The van der Waals surface area contributed by atoms with Gasteiger partial charge in [-0.1, -0.05) is 29.8 Å². The van der Waals surface area contributed by atoms with Crippen molar-refractivity contribution in [3.8, 4) is 10.4 Å². The van der Waals surface area contributed by atoms with E-state index in [4.69, 9.17) is 16.3 Å². The quantitative estimate of drug-likeness (QED) is 0.769. The topological polar surface area (TPSA) is 21.3 Å². The summed E-state index contributed by atoms with van der Waals surface area (Å²) < 4.78 is 4.97. The van der Waals surface area contributed by atoms with Crippen LogP contribution in [0, 0.1) is 0 Å². The van der Waals surface area contributed by atoms with Crippen LogP contribution in [0.1, 0.15) is 4.88 Å². The lowest BCUT2D eigenvalue weighted by atomic mass is 10.2. The third kappa shape index (κ3) is 4.76. The second-order valence-electron chi connectivity index (χ2n) is 4.31. The Bertz CT molecular complexity index is 565. The van der Waals surface area contributed by atoms with E-state index in [-0.39, 0.29) is 0 Å². The van der Waals surface area contributed by atoms with Gasteiger partial charge in [0.15, 0.2) is 0 Å². The van der Waals surface area contributed by atoms with E-state index in [2.05, 4.69) is 35.7 Å². The van der Waals surface area contributed by atoms with Crippen molar-refractivity contribution in [2.45, 2.75) is 0 Å². The summed E-state index contributed by atoms with van der Waals surface area (Å²) in [6, 6.07) is 12.2. The molecule has 1 heterocycles. The Morgan fingerprint density at radius 3 is 3.00 bits per heavy atom. The van der Waals surface area contributed by atoms with Gasteiger partial charge in [0, 0.05) is 35.0 Å². The van der Waals surface area contributed by atoms with Crippen molar-refractivity contribution in [2.24, 2.45) is 0 Å². The molecule has 0 bridgehead atoms. The number of hydrogen-bond acceptors (Lipinski definition) is 3. The van der Waals surface area contributed by atoms with Gasteiger partial charge in [0.1, 0.15) is 0 Å². The molecule has 0 spiro atoms. The van der Waals surface area contributed by atoms with Crippen molar-refractivity contribution in [1.82, 2.24) is 5.32 Å². The van der Waals surface area contributed by atoms with Crippen LogP contribution in [0.4, 0.5) is 0 Å². The molecule has 20 heavy (non-hydrogen) atoms. The van der Waals surface area contributed by atoms with E-state index in [1.54, 1.807) is 18.4 Å². The monoisotopic (exact) mass is 307 g/mol. The van der Waals surface area contributed by atoms with Crippen molar-refractivity contribution >= 4 is 29.0 Å². The lowest BCUT2D eigenvalue weighted by Gasteiger charge is -1.98. The van der Waals surface area contributed by atoms with Crippen molar-refractivity contribution in [3.63, 3.8) is 0 Å². The molecule has 1 aromatic heterocycles. The van der Waals surface area contributed by atoms with E-state index in [0.29, 0.717) is 0 Å². The SMILES string of the molecule is COCCNCC=Cc1ccc(-c2cccc(Cl)c2)s1. The highest BCUT2D eigenvalue weighted by atomic mass is 35.5. The van der Waals surface area contributed by atoms with Gasteiger partial charge < -0.3 is 10.1 Å². The number of halogens is 1. The number of thiophene rings is 1. The molecule has 0 aliphatic rings. The minimum absolute atomic E-state index is 0.742. The number of benzene rings is 1. The summed E-state index contributed by atoms with van der Waals surface area (Å²) in [6.45, 7) is 2.47. The number of nitrogens with one attached hydrogen (secondary N) is 1. The highest BCUT2D eigenvalue weighted by Gasteiger charge is 2.01. The third-order valence-electron chi connectivity index (χ3n) is 2.76. The fraction of sp³-hybridized carbons (Fsp3) is 0.250. The van der Waals surface area contributed by atoms with Gasteiger partial charge in [-0.25, -0.2) is 0 Å². The normalized spacial score (nSPS) is 11.3. The van der Waals surface area contributed by atoms with Crippen molar-refractivity contribution < 1.29 is 4.74 Å². The minimum Gasteiger partial charge on any atom is -0.383 e. The summed E-state index contributed by atoms with van der Waals surface area (Å²) in [4.78, 5) is 2.48. The zero-order chi connectivity index (χ0) is 14.2. The van der Waals surface area contributed by atoms with E-state index in [1.165, 1.54) is 15.3 Å². The van der Waals surface area contributed by atoms with Crippen LogP contribution in [-0.4, -0.2) is 26.8 Å². The molecule has 106 valence electrons. The Hall–Kier alpha value is -1.13. The third-order valence-corrected chi connectivity index (χ3v) is 4.10. The molecule has 0 radical (unpaired) electrons. The first-order valence-electron chi connectivity index (χ1n) is 6.51. The smallest absolute Gasteiger partial charge is 0.0587 e. The van der Waals surface area contributed by atoms with Gasteiger partial charge in [-0.3, -0.25) is 0 Å². The molecule has 0 atom stereocenters. The average molecular weight is 308 g/mol. The van der Waals surface area contributed by atoms with Gasteiger partial charge >= 0.3 is 0 Å². The van der Waals surface area contributed by atoms with Gasteiger partial charge in [-0.15, -0.1) is 11.3 Å². The maximum Gasteiger partial charge on any atom is 0.0587 e. The first-order valence-corrected chi connectivity index (χ1v) is 7.71. The van der Waals surface area contributed by atoms with Crippen LogP contribution < -0.4 is 5.32 Å². The van der Waals surface area contributed by atoms with Crippen LogP contribution >= 0.6 is 22.9 Å². The van der Waals surface area contributed by atoms with Crippen molar-refractivity contribution in [1.29, 1.82) is 0 Å². The largest absolute Gasteiger partial charge is 0.383 e. The lowest BCUT2D eigenvalue weighted by Crippen LogP contribution is -2.18. The zero-order valence-corrected chi connectivity index (χ0v) is 13.0. The van der Waals surface area contributed by atoms with E-state index in [9.17, 15) is 0 Å². The van der Waals surface area contributed by atoms with Gasteiger partial charge in [0.05, 0.1) is 6.61 Å². The van der Waals surface area contributed by atoms with E-state index in [0.717, 1.165) is 24.7 Å². The predicted octanol–water partition coefficient (Wildman–Crippen LogP) is 4.32. The van der Waals surface area contributed by atoms with Crippen molar-refractivity contribution in [2.75, 3.05) is 26.8 Å². The lowest BCUT2D eigenvalue weighted by molar-refractivity contribution is 0.200. The van der Waals surface area contributed by atoms with E-state index < -0.39 is 0 Å². The van der Waals surface area contributed by atoms with Gasteiger partial charge in [-0.2, -0.15) is 0 Å². The second-order valence-corrected chi connectivity index (χ2v) is 5.86.